The SMILES string of the molecule is CNCC=Cc1ccc2ccccc2c1O. The second-order valence-electron chi connectivity index (χ2n) is 3.68. The molecule has 0 heterocycles. The molecule has 0 spiro atoms. The lowest BCUT2D eigenvalue weighted by molar-refractivity contribution is 0.480. The summed E-state index contributed by atoms with van der Waals surface area (Å²) in [7, 11) is 1.89. The summed E-state index contributed by atoms with van der Waals surface area (Å²) in [5, 5.41) is 15.1. The molecule has 0 fully saturated rings. The summed E-state index contributed by atoms with van der Waals surface area (Å²) >= 11 is 0. The first-order valence-corrected chi connectivity index (χ1v) is 5.35. The van der Waals surface area contributed by atoms with E-state index in [0.717, 1.165) is 22.9 Å². The Morgan fingerprint density at radius 1 is 1.19 bits per heavy atom. The fourth-order valence-electron chi connectivity index (χ4n) is 1.71. The molecule has 2 rings (SSSR count). The highest BCUT2D eigenvalue weighted by molar-refractivity contribution is 5.91. The van der Waals surface area contributed by atoms with Crippen molar-refractivity contribution in [3.63, 3.8) is 0 Å². The normalized spacial score (nSPS) is 11.3. The number of aromatic hydroxyl groups is 1. The van der Waals surface area contributed by atoms with E-state index in [1.165, 1.54) is 0 Å². The molecule has 2 aromatic rings. The van der Waals surface area contributed by atoms with E-state index in [1.807, 2.05) is 55.6 Å². The van der Waals surface area contributed by atoms with Gasteiger partial charge in [0.15, 0.2) is 0 Å². The lowest BCUT2D eigenvalue weighted by atomic mass is 10.1. The van der Waals surface area contributed by atoms with Gasteiger partial charge in [-0.3, -0.25) is 0 Å². The Hall–Kier alpha value is -1.80. The third-order valence-corrected chi connectivity index (χ3v) is 2.55. The van der Waals surface area contributed by atoms with Crippen molar-refractivity contribution in [1.29, 1.82) is 0 Å². The van der Waals surface area contributed by atoms with Gasteiger partial charge in [-0.1, -0.05) is 48.6 Å². The summed E-state index contributed by atoms with van der Waals surface area (Å²) in [5.74, 6) is 0.352. The Bertz CT molecular complexity index is 517. The number of phenols is 1. The van der Waals surface area contributed by atoms with Crippen LogP contribution in [-0.4, -0.2) is 18.7 Å². The molecule has 0 aliphatic rings. The Kier molecular flexibility index (Phi) is 3.22. The Labute approximate surface area is 95.2 Å². The van der Waals surface area contributed by atoms with Gasteiger partial charge in [0.1, 0.15) is 5.75 Å². The van der Waals surface area contributed by atoms with Crippen molar-refractivity contribution in [2.24, 2.45) is 0 Å². The van der Waals surface area contributed by atoms with Gasteiger partial charge in [-0.25, -0.2) is 0 Å². The second kappa shape index (κ2) is 4.81. The highest BCUT2D eigenvalue weighted by atomic mass is 16.3. The van der Waals surface area contributed by atoms with Crippen LogP contribution in [0.4, 0.5) is 0 Å². The van der Waals surface area contributed by atoms with E-state index in [4.69, 9.17) is 0 Å². The molecule has 0 aliphatic heterocycles. The second-order valence-corrected chi connectivity index (χ2v) is 3.68. The molecule has 16 heavy (non-hydrogen) atoms. The van der Waals surface area contributed by atoms with Crippen LogP contribution in [0.1, 0.15) is 5.56 Å². The van der Waals surface area contributed by atoms with Crippen molar-refractivity contribution in [2.45, 2.75) is 0 Å². The van der Waals surface area contributed by atoms with E-state index in [2.05, 4.69) is 5.32 Å². The van der Waals surface area contributed by atoms with Crippen LogP contribution < -0.4 is 5.32 Å². The van der Waals surface area contributed by atoms with Gasteiger partial charge in [-0.05, 0) is 12.4 Å². The number of hydrogen-bond acceptors (Lipinski definition) is 2. The summed E-state index contributed by atoms with van der Waals surface area (Å²) in [6.45, 7) is 0.798. The van der Waals surface area contributed by atoms with E-state index < -0.39 is 0 Å². The van der Waals surface area contributed by atoms with Crippen molar-refractivity contribution in [3.05, 3.63) is 48.0 Å². The number of nitrogens with one attached hydrogen (secondary N) is 1. The molecule has 0 atom stereocenters. The van der Waals surface area contributed by atoms with Gasteiger partial charge in [0.25, 0.3) is 0 Å². The predicted octanol–water partition coefficient (Wildman–Crippen LogP) is 2.78. The summed E-state index contributed by atoms with van der Waals surface area (Å²) < 4.78 is 0. The number of phenolic OH excluding ortho intramolecular Hbond substituents is 1. The van der Waals surface area contributed by atoms with E-state index in [0.29, 0.717) is 5.75 Å². The maximum atomic E-state index is 10.1. The lowest BCUT2D eigenvalue weighted by Gasteiger charge is -2.04. The van der Waals surface area contributed by atoms with E-state index >= 15 is 0 Å². The fraction of sp³-hybridized carbons (Fsp3) is 0.143. The van der Waals surface area contributed by atoms with Crippen molar-refractivity contribution in [3.8, 4) is 5.75 Å². The summed E-state index contributed by atoms with van der Waals surface area (Å²) in [5.41, 5.74) is 0.856. The number of benzene rings is 2. The fourth-order valence-corrected chi connectivity index (χ4v) is 1.71. The zero-order valence-corrected chi connectivity index (χ0v) is 9.27. The summed E-state index contributed by atoms with van der Waals surface area (Å²) in [6.07, 6.45) is 3.92. The Balaban J connectivity index is 2.44. The average molecular weight is 213 g/mol. The van der Waals surface area contributed by atoms with Crippen LogP contribution in [0.5, 0.6) is 5.75 Å². The molecule has 0 bridgehead atoms. The molecule has 2 heteroatoms. The monoisotopic (exact) mass is 213 g/mol. The van der Waals surface area contributed by atoms with Gasteiger partial charge in [0.05, 0.1) is 0 Å². The molecule has 82 valence electrons. The number of hydrogen-bond donors (Lipinski definition) is 2. The molecule has 0 amide bonds. The van der Waals surface area contributed by atoms with Crippen LogP contribution in [0.2, 0.25) is 0 Å². The average Bonchev–Trinajstić information content (AvgIpc) is 2.33. The topological polar surface area (TPSA) is 32.3 Å². The third kappa shape index (κ3) is 2.07. The molecule has 0 saturated carbocycles. The van der Waals surface area contributed by atoms with Crippen molar-refractivity contribution in [1.82, 2.24) is 5.32 Å². The van der Waals surface area contributed by atoms with E-state index in [1.54, 1.807) is 0 Å². The van der Waals surface area contributed by atoms with Gasteiger partial charge in [0, 0.05) is 17.5 Å². The van der Waals surface area contributed by atoms with E-state index in [9.17, 15) is 5.11 Å². The van der Waals surface area contributed by atoms with Crippen molar-refractivity contribution in [2.75, 3.05) is 13.6 Å². The van der Waals surface area contributed by atoms with Crippen LogP contribution in [0.25, 0.3) is 16.8 Å². The quantitative estimate of drug-likeness (QED) is 0.821. The van der Waals surface area contributed by atoms with Gasteiger partial charge in [-0.15, -0.1) is 0 Å². The van der Waals surface area contributed by atoms with Crippen LogP contribution in [0.3, 0.4) is 0 Å². The summed E-state index contributed by atoms with van der Waals surface area (Å²) in [4.78, 5) is 0. The molecule has 0 radical (unpaired) electrons. The maximum Gasteiger partial charge on any atom is 0.130 e. The van der Waals surface area contributed by atoms with Crippen LogP contribution in [0.15, 0.2) is 42.5 Å². The molecular formula is C14H15NO. The number of fused-ring (bicyclic) bond motifs is 1. The van der Waals surface area contributed by atoms with Crippen LogP contribution in [-0.2, 0) is 0 Å². The standard InChI is InChI=1S/C14H15NO/c1-15-10-4-6-12-9-8-11-5-2-3-7-13(11)14(12)16/h2-9,15-16H,10H2,1H3. The zero-order valence-electron chi connectivity index (χ0n) is 9.27. The minimum Gasteiger partial charge on any atom is -0.507 e. The van der Waals surface area contributed by atoms with Crippen molar-refractivity contribution < 1.29 is 5.11 Å². The highest BCUT2D eigenvalue weighted by Gasteiger charge is 2.02. The largest absolute Gasteiger partial charge is 0.507 e. The minimum atomic E-state index is 0.352. The Morgan fingerprint density at radius 3 is 2.81 bits per heavy atom. The molecule has 0 unspecified atom stereocenters. The Morgan fingerprint density at radius 2 is 2.00 bits per heavy atom. The number of likely N-dealkylation sites (N-methyl/N-ethyl adjacent to an activating group) is 1. The highest BCUT2D eigenvalue weighted by Crippen LogP contribution is 2.29. The molecular weight excluding hydrogens is 198 g/mol. The first-order valence-electron chi connectivity index (χ1n) is 5.35. The number of rotatable bonds is 3. The van der Waals surface area contributed by atoms with Crippen LogP contribution in [0, 0.1) is 0 Å². The van der Waals surface area contributed by atoms with Gasteiger partial charge in [0.2, 0.25) is 0 Å². The zero-order chi connectivity index (χ0) is 11.4. The molecule has 2 aromatic carbocycles. The molecule has 2 nitrogen and oxygen atoms in total. The smallest absolute Gasteiger partial charge is 0.130 e. The molecule has 0 aromatic heterocycles. The first kappa shape index (κ1) is 10.7. The molecule has 2 N–H and O–H groups in total. The third-order valence-electron chi connectivity index (χ3n) is 2.55. The van der Waals surface area contributed by atoms with Crippen LogP contribution >= 0.6 is 0 Å². The lowest BCUT2D eigenvalue weighted by Crippen LogP contribution is -2.03. The molecule has 0 saturated heterocycles. The predicted molar refractivity (Wildman–Crippen MR) is 68.6 cm³/mol. The van der Waals surface area contributed by atoms with Gasteiger partial charge in [-0.2, -0.15) is 0 Å². The van der Waals surface area contributed by atoms with Crippen molar-refractivity contribution >= 4 is 16.8 Å². The van der Waals surface area contributed by atoms with Gasteiger partial charge < -0.3 is 10.4 Å². The van der Waals surface area contributed by atoms with E-state index in [-0.39, 0.29) is 0 Å². The summed E-state index contributed by atoms with van der Waals surface area (Å²) in [6, 6.07) is 11.8. The molecule has 0 aliphatic carbocycles. The van der Waals surface area contributed by atoms with Gasteiger partial charge >= 0.3 is 0 Å². The minimum absolute atomic E-state index is 0.352. The first-order chi connectivity index (χ1) is 7.83. The maximum absolute atomic E-state index is 10.1.